The molecule has 2 rings (SSSR count). The minimum atomic E-state index is -0.959. The Morgan fingerprint density at radius 1 is 1.40 bits per heavy atom. The van der Waals surface area contributed by atoms with E-state index in [0.717, 1.165) is 11.0 Å². The van der Waals surface area contributed by atoms with Crippen LogP contribution in [-0.2, 0) is 9.59 Å². The molecule has 2 amide bonds. The molecule has 1 aliphatic heterocycles. The first-order valence-electron chi connectivity index (χ1n) is 6.41. The second kappa shape index (κ2) is 5.66. The van der Waals surface area contributed by atoms with Crippen LogP contribution in [0.25, 0.3) is 0 Å². The van der Waals surface area contributed by atoms with Crippen molar-refractivity contribution < 1.29 is 18.4 Å². The van der Waals surface area contributed by atoms with Gasteiger partial charge in [0, 0.05) is 24.4 Å². The summed E-state index contributed by atoms with van der Waals surface area (Å²) in [7, 11) is 1.57. The van der Waals surface area contributed by atoms with Gasteiger partial charge in [0.15, 0.2) is 11.6 Å². The number of nitrogens with zero attached hydrogens (tertiary/aromatic N) is 1. The smallest absolute Gasteiger partial charge is 0.232 e. The van der Waals surface area contributed by atoms with Crippen molar-refractivity contribution >= 4 is 11.8 Å². The summed E-state index contributed by atoms with van der Waals surface area (Å²) in [4.78, 5) is 24.7. The molecule has 0 bridgehead atoms. The van der Waals surface area contributed by atoms with E-state index in [4.69, 9.17) is 0 Å². The maximum absolute atomic E-state index is 13.8. The molecule has 0 saturated carbocycles. The summed E-state index contributed by atoms with van der Waals surface area (Å²) in [5.74, 6) is -2.81. The number of rotatable bonds is 4. The van der Waals surface area contributed by atoms with E-state index >= 15 is 0 Å². The van der Waals surface area contributed by atoms with Crippen molar-refractivity contribution in [2.45, 2.75) is 19.4 Å². The standard InChI is InChI=1S/C14H16F2N2O2/c1-8-6-12(19)18(14(8)20)7-11(17-2)9-4-3-5-10(15)13(9)16/h3-5,8,11,17H,6-7H2,1-2H3. The molecule has 0 radical (unpaired) electrons. The Bertz CT molecular complexity index is 548. The molecule has 1 fully saturated rings. The number of hydrogen-bond acceptors (Lipinski definition) is 3. The third kappa shape index (κ3) is 2.56. The fourth-order valence-electron chi connectivity index (χ4n) is 2.36. The molecule has 1 N–H and O–H groups in total. The van der Waals surface area contributed by atoms with Gasteiger partial charge in [-0.3, -0.25) is 14.5 Å². The van der Waals surface area contributed by atoms with Gasteiger partial charge in [-0.2, -0.15) is 0 Å². The van der Waals surface area contributed by atoms with Crippen LogP contribution < -0.4 is 5.32 Å². The molecule has 20 heavy (non-hydrogen) atoms. The quantitative estimate of drug-likeness (QED) is 0.854. The molecule has 6 heteroatoms. The first-order chi connectivity index (χ1) is 9.45. The summed E-state index contributed by atoms with van der Waals surface area (Å²) in [6, 6.07) is 3.23. The summed E-state index contributed by atoms with van der Waals surface area (Å²) in [6.07, 6.45) is 0.168. The number of benzene rings is 1. The predicted molar refractivity (Wildman–Crippen MR) is 68.7 cm³/mol. The van der Waals surface area contributed by atoms with Crippen molar-refractivity contribution in [2.24, 2.45) is 5.92 Å². The molecular weight excluding hydrogens is 266 g/mol. The van der Waals surface area contributed by atoms with Crippen molar-refractivity contribution in [2.75, 3.05) is 13.6 Å². The lowest BCUT2D eigenvalue weighted by Gasteiger charge is -2.23. The molecule has 2 unspecified atom stereocenters. The number of carbonyl (C=O) groups is 2. The van der Waals surface area contributed by atoms with Crippen LogP contribution >= 0.6 is 0 Å². The van der Waals surface area contributed by atoms with Gasteiger partial charge in [-0.25, -0.2) is 8.78 Å². The number of imide groups is 1. The number of likely N-dealkylation sites (N-methyl/N-ethyl adjacent to an activating group) is 1. The lowest BCUT2D eigenvalue weighted by atomic mass is 10.1. The van der Waals surface area contributed by atoms with Gasteiger partial charge in [0.1, 0.15) is 0 Å². The molecule has 1 heterocycles. The Labute approximate surface area is 115 Å². The largest absolute Gasteiger partial charge is 0.311 e. The average Bonchev–Trinajstić information content (AvgIpc) is 2.65. The van der Waals surface area contributed by atoms with Crippen molar-refractivity contribution in [3.05, 3.63) is 35.4 Å². The highest BCUT2D eigenvalue weighted by molar-refractivity contribution is 6.03. The molecule has 0 aromatic heterocycles. The fraction of sp³-hybridized carbons (Fsp3) is 0.429. The van der Waals surface area contributed by atoms with Crippen LogP contribution in [0.2, 0.25) is 0 Å². The predicted octanol–water partition coefficient (Wildman–Crippen LogP) is 1.62. The first-order valence-corrected chi connectivity index (χ1v) is 6.41. The minimum Gasteiger partial charge on any atom is -0.311 e. The zero-order chi connectivity index (χ0) is 14.9. The summed E-state index contributed by atoms with van der Waals surface area (Å²) in [5.41, 5.74) is 0.104. The Morgan fingerprint density at radius 3 is 2.65 bits per heavy atom. The number of amides is 2. The molecule has 0 aliphatic carbocycles. The van der Waals surface area contributed by atoms with Crippen molar-refractivity contribution in [1.29, 1.82) is 0 Å². The summed E-state index contributed by atoms with van der Waals surface area (Å²) >= 11 is 0. The third-order valence-corrected chi connectivity index (χ3v) is 3.54. The van der Waals surface area contributed by atoms with Gasteiger partial charge in [-0.05, 0) is 13.1 Å². The molecule has 108 valence electrons. The van der Waals surface area contributed by atoms with Gasteiger partial charge < -0.3 is 5.32 Å². The van der Waals surface area contributed by atoms with Gasteiger partial charge in [0.25, 0.3) is 0 Å². The summed E-state index contributed by atoms with van der Waals surface area (Å²) < 4.78 is 27.0. The number of nitrogens with one attached hydrogen (secondary N) is 1. The maximum Gasteiger partial charge on any atom is 0.232 e. The van der Waals surface area contributed by atoms with Gasteiger partial charge >= 0.3 is 0 Å². The highest BCUT2D eigenvalue weighted by Gasteiger charge is 2.37. The van der Waals surface area contributed by atoms with Crippen molar-refractivity contribution in [1.82, 2.24) is 10.2 Å². The molecule has 4 nitrogen and oxygen atoms in total. The van der Waals surface area contributed by atoms with E-state index in [9.17, 15) is 18.4 Å². The van der Waals surface area contributed by atoms with Crippen molar-refractivity contribution in [3.8, 4) is 0 Å². The van der Waals surface area contributed by atoms with Crippen molar-refractivity contribution in [3.63, 3.8) is 0 Å². The Kier molecular flexibility index (Phi) is 4.13. The van der Waals surface area contributed by atoms with Gasteiger partial charge in [0.2, 0.25) is 11.8 Å². The third-order valence-electron chi connectivity index (χ3n) is 3.54. The number of hydrogen-bond donors (Lipinski definition) is 1. The topological polar surface area (TPSA) is 49.4 Å². The van der Waals surface area contributed by atoms with Crippen LogP contribution in [-0.4, -0.2) is 30.3 Å². The zero-order valence-corrected chi connectivity index (χ0v) is 11.3. The monoisotopic (exact) mass is 282 g/mol. The molecule has 1 aromatic rings. The van der Waals surface area contributed by atoms with E-state index in [1.54, 1.807) is 14.0 Å². The Hall–Kier alpha value is -1.82. The first kappa shape index (κ1) is 14.6. The van der Waals surface area contributed by atoms with Crippen LogP contribution in [0.5, 0.6) is 0 Å². The van der Waals surface area contributed by atoms with Gasteiger partial charge in [-0.1, -0.05) is 19.1 Å². The van der Waals surface area contributed by atoms with Crippen LogP contribution in [0.1, 0.15) is 24.9 Å². The second-order valence-electron chi connectivity index (χ2n) is 4.93. The zero-order valence-electron chi connectivity index (χ0n) is 11.3. The Balaban J connectivity index is 2.24. The lowest BCUT2D eigenvalue weighted by Crippen LogP contribution is -2.38. The molecule has 0 spiro atoms. The number of carbonyl (C=O) groups excluding carboxylic acids is 2. The van der Waals surface area contributed by atoms with Crippen LogP contribution in [0, 0.1) is 17.6 Å². The second-order valence-corrected chi connectivity index (χ2v) is 4.93. The summed E-state index contributed by atoms with van der Waals surface area (Å²) in [6.45, 7) is 1.68. The number of halogens is 2. The molecular formula is C14H16F2N2O2. The summed E-state index contributed by atoms with van der Waals surface area (Å²) in [5, 5.41) is 2.82. The van der Waals surface area contributed by atoms with E-state index in [-0.39, 0.29) is 36.3 Å². The average molecular weight is 282 g/mol. The molecule has 2 atom stereocenters. The van der Waals surface area contributed by atoms with E-state index in [1.165, 1.54) is 12.1 Å². The van der Waals surface area contributed by atoms with E-state index < -0.39 is 17.7 Å². The molecule has 1 saturated heterocycles. The van der Waals surface area contributed by atoms with E-state index in [0.29, 0.717) is 0 Å². The van der Waals surface area contributed by atoms with Gasteiger partial charge in [-0.15, -0.1) is 0 Å². The SMILES string of the molecule is CNC(CN1C(=O)CC(C)C1=O)c1cccc(F)c1F. The van der Waals surface area contributed by atoms with Gasteiger partial charge in [0.05, 0.1) is 6.04 Å². The number of likely N-dealkylation sites (tertiary alicyclic amines) is 1. The highest BCUT2D eigenvalue weighted by atomic mass is 19.2. The fourth-order valence-corrected chi connectivity index (χ4v) is 2.36. The van der Waals surface area contributed by atoms with Crippen LogP contribution in [0.15, 0.2) is 18.2 Å². The molecule has 1 aromatic carbocycles. The van der Waals surface area contributed by atoms with Crippen LogP contribution in [0.3, 0.4) is 0 Å². The van der Waals surface area contributed by atoms with E-state index in [1.807, 2.05) is 0 Å². The minimum absolute atomic E-state index is 0.00111. The highest BCUT2D eigenvalue weighted by Crippen LogP contribution is 2.24. The van der Waals surface area contributed by atoms with Crippen LogP contribution in [0.4, 0.5) is 8.78 Å². The normalized spacial score (nSPS) is 20.6. The van der Waals surface area contributed by atoms with E-state index in [2.05, 4.69) is 5.32 Å². The Morgan fingerprint density at radius 2 is 2.10 bits per heavy atom. The maximum atomic E-state index is 13.8. The molecule has 1 aliphatic rings. The lowest BCUT2D eigenvalue weighted by molar-refractivity contribution is -0.139.